The van der Waals surface area contributed by atoms with Crippen LogP contribution in [0.4, 0.5) is 0 Å². The van der Waals surface area contributed by atoms with E-state index in [9.17, 15) is 10.2 Å². The largest absolute Gasteiger partial charge is 0.491 e. The van der Waals surface area contributed by atoms with Crippen LogP contribution in [0.1, 0.15) is 48.9 Å². The Morgan fingerprint density at radius 1 is 1.28 bits per heavy atom. The van der Waals surface area contributed by atoms with Gasteiger partial charge in [-0.15, -0.1) is 11.3 Å². The lowest BCUT2D eigenvalue weighted by Crippen LogP contribution is -2.41. The predicted octanol–water partition coefficient (Wildman–Crippen LogP) is 2.75. The number of piperidine rings is 1. The van der Waals surface area contributed by atoms with E-state index >= 15 is 0 Å². The first-order chi connectivity index (χ1) is 14.0. The van der Waals surface area contributed by atoms with Gasteiger partial charge in [0.05, 0.1) is 16.8 Å². The number of thiazole rings is 1. The van der Waals surface area contributed by atoms with Crippen molar-refractivity contribution in [2.24, 2.45) is 0 Å². The Hall–Kier alpha value is -1.51. The van der Waals surface area contributed by atoms with Gasteiger partial charge in [-0.2, -0.15) is 0 Å². The van der Waals surface area contributed by atoms with Gasteiger partial charge in [-0.25, -0.2) is 4.98 Å². The molecule has 0 amide bonds. The van der Waals surface area contributed by atoms with E-state index in [1.165, 1.54) is 5.01 Å². The molecule has 2 aromatic rings. The summed E-state index contributed by atoms with van der Waals surface area (Å²) < 4.78 is 5.80. The third-order valence-corrected chi connectivity index (χ3v) is 6.26. The Labute approximate surface area is 177 Å². The fourth-order valence-electron chi connectivity index (χ4n) is 3.39. The maximum Gasteiger partial charge on any atom is 0.119 e. The summed E-state index contributed by atoms with van der Waals surface area (Å²) in [6, 6.07) is 7.97. The second kappa shape index (κ2) is 11.0. The monoisotopic (exact) mass is 419 g/mol. The Morgan fingerprint density at radius 3 is 2.79 bits per heavy atom. The molecule has 3 N–H and O–H groups in total. The van der Waals surface area contributed by atoms with E-state index < -0.39 is 6.10 Å². The number of aliphatic hydroxyl groups excluding tert-OH is 2. The molecule has 1 aromatic carbocycles. The molecule has 7 heteroatoms. The van der Waals surface area contributed by atoms with E-state index in [1.807, 2.05) is 18.2 Å². The van der Waals surface area contributed by atoms with Crippen molar-refractivity contribution >= 4 is 11.3 Å². The molecule has 1 atom stereocenters. The second-order valence-corrected chi connectivity index (χ2v) is 8.97. The average Bonchev–Trinajstić information content (AvgIpc) is 3.18. The highest BCUT2D eigenvalue weighted by Crippen LogP contribution is 2.19. The van der Waals surface area contributed by atoms with E-state index in [1.54, 1.807) is 11.3 Å². The molecular formula is C22H33N3O3S. The molecular weight excluding hydrogens is 386 g/mol. The van der Waals surface area contributed by atoms with E-state index in [2.05, 4.69) is 40.5 Å². The lowest BCUT2D eigenvalue weighted by molar-refractivity contribution is 0.0337. The molecule has 0 bridgehead atoms. The average molecular weight is 420 g/mol. The number of benzene rings is 1. The lowest BCUT2D eigenvalue weighted by atomic mass is 10.1. The van der Waals surface area contributed by atoms with Crippen molar-refractivity contribution in [3.63, 3.8) is 0 Å². The number of nitrogens with zero attached hydrogens (tertiary/aromatic N) is 2. The number of aromatic nitrogens is 1. The fourth-order valence-corrected chi connectivity index (χ4v) is 4.23. The van der Waals surface area contributed by atoms with E-state index in [4.69, 9.17) is 4.74 Å². The van der Waals surface area contributed by atoms with Gasteiger partial charge in [-0.3, -0.25) is 0 Å². The number of nitrogens with one attached hydrogen (secondary N) is 1. The van der Waals surface area contributed by atoms with Crippen LogP contribution in [0.25, 0.3) is 0 Å². The molecule has 0 radical (unpaired) electrons. The van der Waals surface area contributed by atoms with Crippen LogP contribution in [0, 0.1) is 0 Å². The van der Waals surface area contributed by atoms with Crippen molar-refractivity contribution in [3.05, 3.63) is 45.9 Å². The Kier molecular flexibility index (Phi) is 8.44. The summed E-state index contributed by atoms with van der Waals surface area (Å²) in [5, 5.41) is 26.6. The number of hydrogen-bond donors (Lipinski definition) is 3. The number of hydrogen-bond acceptors (Lipinski definition) is 7. The molecule has 29 heavy (non-hydrogen) atoms. The van der Waals surface area contributed by atoms with Gasteiger partial charge in [0.1, 0.15) is 18.5 Å². The third kappa shape index (κ3) is 7.35. The fraction of sp³-hybridized carbons (Fsp3) is 0.591. The second-order valence-electron chi connectivity index (χ2n) is 8.08. The first kappa shape index (κ1) is 22.2. The van der Waals surface area contributed by atoms with Gasteiger partial charge in [0.15, 0.2) is 0 Å². The molecule has 1 aliphatic heterocycles. The van der Waals surface area contributed by atoms with E-state index in [-0.39, 0.29) is 12.7 Å². The van der Waals surface area contributed by atoms with Crippen molar-refractivity contribution in [3.8, 4) is 5.75 Å². The maximum atomic E-state index is 10.3. The van der Waals surface area contributed by atoms with Crippen LogP contribution in [0.3, 0.4) is 0 Å². The standard InChI is InChI=1S/C22H33N3O3S/c1-16(2)22-24-18(15-29-22)12-23-11-17-4-3-5-21(10-17)28-14-20(27)13-25-8-6-19(26)7-9-25/h3-5,10,15-16,19-20,23,26-27H,6-9,11-14H2,1-2H3. The topological polar surface area (TPSA) is 77.9 Å². The lowest BCUT2D eigenvalue weighted by Gasteiger charge is -2.30. The van der Waals surface area contributed by atoms with E-state index in [0.717, 1.165) is 56.0 Å². The zero-order valence-corrected chi connectivity index (χ0v) is 18.2. The molecule has 1 aliphatic rings. The zero-order valence-electron chi connectivity index (χ0n) is 17.4. The van der Waals surface area contributed by atoms with Gasteiger partial charge in [-0.1, -0.05) is 26.0 Å². The summed E-state index contributed by atoms with van der Waals surface area (Å²) >= 11 is 1.72. The molecule has 0 spiro atoms. The summed E-state index contributed by atoms with van der Waals surface area (Å²) in [5.74, 6) is 1.24. The SMILES string of the molecule is CC(C)c1nc(CNCc2cccc(OCC(O)CN3CCC(O)CC3)c2)cs1. The zero-order chi connectivity index (χ0) is 20.6. The number of likely N-dealkylation sites (tertiary alicyclic amines) is 1. The summed E-state index contributed by atoms with van der Waals surface area (Å²) in [6.07, 6.45) is 0.834. The molecule has 1 aromatic heterocycles. The van der Waals surface area contributed by atoms with Crippen LogP contribution >= 0.6 is 11.3 Å². The number of ether oxygens (including phenoxy) is 1. The minimum Gasteiger partial charge on any atom is -0.491 e. The Bertz CT molecular complexity index is 744. The normalized spacial score (nSPS) is 17.0. The van der Waals surface area contributed by atoms with Gasteiger partial charge in [0.2, 0.25) is 0 Å². The Balaban J connectivity index is 1.39. The predicted molar refractivity (Wildman–Crippen MR) is 116 cm³/mol. The highest BCUT2D eigenvalue weighted by molar-refractivity contribution is 7.09. The summed E-state index contributed by atoms with van der Waals surface area (Å²) in [7, 11) is 0. The highest BCUT2D eigenvalue weighted by Gasteiger charge is 2.19. The molecule has 3 rings (SSSR count). The van der Waals surface area contributed by atoms with Crippen molar-refractivity contribution in [2.75, 3.05) is 26.2 Å². The number of rotatable bonds is 10. The van der Waals surface area contributed by atoms with Gasteiger partial charge in [0, 0.05) is 44.0 Å². The van der Waals surface area contributed by atoms with Gasteiger partial charge < -0.3 is 25.2 Å². The smallest absolute Gasteiger partial charge is 0.119 e. The van der Waals surface area contributed by atoms with E-state index in [0.29, 0.717) is 12.5 Å². The van der Waals surface area contributed by atoms with Crippen molar-refractivity contribution in [1.82, 2.24) is 15.2 Å². The molecule has 0 aliphatic carbocycles. The van der Waals surface area contributed by atoms with Crippen LogP contribution < -0.4 is 10.1 Å². The first-order valence-corrected chi connectivity index (χ1v) is 11.3. The molecule has 6 nitrogen and oxygen atoms in total. The molecule has 1 fully saturated rings. The van der Waals surface area contributed by atoms with Crippen LogP contribution in [-0.2, 0) is 13.1 Å². The minimum absolute atomic E-state index is 0.191. The van der Waals surface area contributed by atoms with Crippen molar-refractivity contribution in [2.45, 2.75) is 57.9 Å². The molecule has 2 heterocycles. The number of β-amino-alcohol motifs (C(OH)–C–C–N with tert-alkyl or cyclic N) is 1. The maximum absolute atomic E-state index is 10.3. The molecule has 1 saturated heterocycles. The summed E-state index contributed by atoms with van der Waals surface area (Å²) in [5.41, 5.74) is 2.22. The van der Waals surface area contributed by atoms with Gasteiger partial charge in [-0.05, 0) is 30.5 Å². The first-order valence-electron chi connectivity index (χ1n) is 10.4. The summed E-state index contributed by atoms with van der Waals surface area (Å²) in [6.45, 7) is 8.33. The van der Waals surface area contributed by atoms with Crippen LogP contribution in [0.2, 0.25) is 0 Å². The van der Waals surface area contributed by atoms with Crippen molar-refractivity contribution in [1.29, 1.82) is 0 Å². The van der Waals surface area contributed by atoms with Gasteiger partial charge >= 0.3 is 0 Å². The van der Waals surface area contributed by atoms with Crippen LogP contribution in [0.5, 0.6) is 5.75 Å². The molecule has 160 valence electrons. The van der Waals surface area contributed by atoms with Crippen molar-refractivity contribution < 1.29 is 14.9 Å². The van der Waals surface area contributed by atoms with Crippen LogP contribution in [0.15, 0.2) is 29.6 Å². The molecule has 0 saturated carbocycles. The summed E-state index contributed by atoms with van der Waals surface area (Å²) in [4.78, 5) is 6.83. The molecule has 1 unspecified atom stereocenters. The quantitative estimate of drug-likeness (QED) is 0.550. The highest BCUT2D eigenvalue weighted by atomic mass is 32.1. The Morgan fingerprint density at radius 2 is 2.07 bits per heavy atom. The minimum atomic E-state index is -0.535. The third-order valence-electron chi connectivity index (χ3n) is 5.07. The van der Waals surface area contributed by atoms with Crippen LogP contribution in [-0.4, -0.2) is 58.5 Å². The van der Waals surface area contributed by atoms with Gasteiger partial charge in [0.25, 0.3) is 0 Å². The number of aliphatic hydroxyl groups is 2.